The number of nitrogens with zero attached hydrogens (tertiary/aromatic N) is 2. The highest BCUT2D eigenvalue weighted by atomic mass is 79.9. The lowest BCUT2D eigenvalue weighted by Crippen LogP contribution is -2.47. The van der Waals surface area contributed by atoms with Gasteiger partial charge in [-0.3, -0.25) is 9.69 Å². The predicted molar refractivity (Wildman–Crippen MR) is 89.4 cm³/mol. The van der Waals surface area contributed by atoms with Crippen molar-refractivity contribution in [2.45, 2.75) is 38.8 Å². The van der Waals surface area contributed by atoms with E-state index in [2.05, 4.69) is 26.9 Å². The Kier molecular flexibility index (Phi) is 5.82. The van der Waals surface area contributed by atoms with Crippen molar-refractivity contribution in [3.05, 3.63) is 20.8 Å². The minimum Gasteiger partial charge on any atom is -0.390 e. The maximum Gasteiger partial charge on any atom is 0.237 e. The molecular formula is C15H23BrN2O2S. The molecule has 1 saturated heterocycles. The molecule has 0 bridgehead atoms. The molecule has 0 unspecified atom stereocenters. The van der Waals surface area contributed by atoms with Crippen LogP contribution in [0, 0.1) is 0 Å². The highest BCUT2D eigenvalue weighted by molar-refractivity contribution is 9.11. The van der Waals surface area contributed by atoms with Crippen LogP contribution in [0.25, 0.3) is 0 Å². The number of rotatable bonds is 5. The third kappa shape index (κ3) is 5.06. The van der Waals surface area contributed by atoms with Crippen LogP contribution in [0.4, 0.5) is 0 Å². The molecule has 118 valence electrons. The van der Waals surface area contributed by atoms with Crippen LogP contribution in [-0.4, -0.2) is 52.6 Å². The maximum atomic E-state index is 12.4. The molecule has 0 spiro atoms. The molecule has 1 aliphatic rings. The Morgan fingerprint density at radius 2 is 2.14 bits per heavy atom. The standard InChI is InChI=1S/C15H23BrN2O2S/c1-3-18(10-12-4-5-13(16)21-12)14(19)11-17-8-6-15(2,20)7-9-17/h4-5,20H,3,6-11H2,1-2H3. The largest absolute Gasteiger partial charge is 0.390 e. The van der Waals surface area contributed by atoms with E-state index < -0.39 is 5.60 Å². The highest BCUT2D eigenvalue weighted by Crippen LogP contribution is 2.24. The Bertz CT molecular complexity index is 480. The third-order valence-corrected chi connectivity index (χ3v) is 5.61. The van der Waals surface area contributed by atoms with Crippen molar-refractivity contribution in [3.63, 3.8) is 0 Å². The molecule has 6 heteroatoms. The summed E-state index contributed by atoms with van der Waals surface area (Å²) in [6.07, 6.45) is 1.48. The zero-order valence-corrected chi connectivity index (χ0v) is 15.0. The zero-order chi connectivity index (χ0) is 15.5. The number of thiophene rings is 1. The quantitative estimate of drug-likeness (QED) is 0.861. The van der Waals surface area contributed by atoms with E-state index in [0.717, 1.165) is 36.3 Å². The lowest BCUT2D eigenvalue weighted by atomic mass is 9.94. The molecular weight excluding hydrogens is 352 g/mol. The minimum atomic E-state index is -0.562. The summed E-state index contributed by atoms with van der Waals surface area (Å²) in [7, 11) is 0. The molecule has 2 rings (SSSR count). The number of piperidine rings is 1. The van der Waals surface area contributed by atoms with Crippen LogP contribution >= 0.6 is 27.3 Å². The van der Waals surface area contributed by atoms with Crippen LogP contribution in [0.1, 0.15) is 31.6 Å². The Labute approximate surface area is 138 Å². The first-order chi connectivity index (χ1) is 9.89. The summed E-state index contributed by atoms with van der Waals surface area (Å²) in [4.78, 5) is 17.7. The summed E-state index contributed by atoms with van der Waals surface area (Å²) >= 11 is 5.13. The van der Waals surface area contributed by atoms with Crippen LogP contribution in [0.3, 0.4) is 0 Å². The molecule has 2 heterocycles. The van der Waals surface area contributed by atoms with E-state index >= 15 is 0 Å². The van der Waals surface area contributed by atoms with Gasteiger partial charge in [-0.25, -0.2) is 0 Å². The molecule has 0 aromatic carbocycles. The molecule has 1 N–H and O–H groups in total. The number of hydrogen-bond acceptors (Lipinski definition) is 4. The number of likely N-dealkylation sites (N-methyl/N-ethyl adjacent to an activating group) is 1. The topological polar surface area (TPSA) is 43.8 Å². The number of halogens is 1. The van der Waals surface area contributed by atoms with Gasteiger partial charge >= 0.3 is 0 Å². The van der Waals surface area contributed by atoms with Crippen LogP contribution in [0.2, 0.25) is 0 Å². The summed E-state index contributed by atoms with van der Waals surface area (Å²) < 4.78 is 1.10. The first-order valence-electron chi connectivity index (χ1n) is 7.36. The Morgan fingerprint density at radius 3 is 2.67 bits per heavy atom. The van der Waals surface area contributed by atoms with Gasteiger partial charge in [-0.1, -0.05) is 0 Å². The first-order valence-corrected chi connectivity index (χ1v) is 8.97. The molecule has 1 fully saturated rings. The van der Waals surface area contributed by atoms with Gasteiger partial charge in [0.15, 0.2) is 0 Å². The van der Waals surface area contributed by atoms with Gasteiger partial charge in [0, 0.05) is 24.5 Å². The molecule has 21 heavy (non-hydrogen) atoms. The van der Waals surface area contributed by atoms with E-state index in [1.54, 1.807) is 11.3 Å². The van der Waals surface area contributed by atoms with E-state index in [-0.39, 0.29) is 5.91 Å². The van der Waals surface area contributed by atoms with Gasteiger partial charge in [0.1, 0.15) is 0 Å². The Morgan fingerprint density at radius 1 is 1.48 bits per heavy atom. The molecule has 4 nitrogen and oxygen atoms in total. The van der Waals surface area contributed by atoms with Gasteiger partial charge in [-0.05, 0) is 54.8 Å². The Balaban J connectivity index is 1.86. The van der Waals surface area contributed by atoms with E-state index in [1.807, 2.05) is 24.8 Å². The molecule has 1 aromatic heterocycles. The highest BCUT2D eigenvalue weighted by Gasteiger charge is 2.28. The number of carbonyl (C=O) groups excluding carboxylic acids is 1. The summed E-state index contributed by atoms with van der Waals surface area (Å²) in [5.74, 6) is 0.170. The number of carbonyl (C=O) groups is 1. The summed E-state index contributed by atoms with van der Waals surface area (Å²) in [6.45, 7) is 7.33. The number of aliphatic hydroxyl groups is 1. The molecule has 0 radical (unpaired) electrons. The normalized spacial score (nSPS) is 18.7. The van der Waals surface area contributed by atoms with Gasteiger partial charge < -0.3 is 10.0 Å². The van der Waals surface area contributed by atoms with E-state index in [1.165, 1.54) is 4.88 Å². The fraction of sp³-hybridized carbons (Fsp3) is 0.667. The van der Waals surface area contributed by atoms with Crippen molar-refractivity contribution in [3.8, 4) is 0 Å². The average Bonchev–Trinajstić information content (AvgIpc) is 2.84. The van der Waals surface area contributed by atoms with Crippen molar-refractivity contribution in [1.82, 2.24) is 9.80 Å². The molecule has 0 aliphatic carbocycles. The molecule has 0 atom stereocenters. The van der Waals surface area contributed by atoms with Crippen molar-refractivity contribution in [2.75, 3.05) is 26.2 Å². The Hall–Kier alpha value is -0.430. The van der Waals surface area contributed by atoms with Gasteiger partial charge in [0.2, 0.25) is 5.91 Å². The van der Waals surface area contributed by atoms with Gasteiger partial charge in [-0.15, -0.1) is 11.3 Å². The second kappa shape index (κ2) is 7.22. The van der Waals surface area contributed by atoms with Crippen LogP contribution in [-0.2, 0) is 11.3 Å². The van der Waals surface area contributed by atoms with Gasteiger partial charge in [-0.2, -0.15) is 0 Å². The fourth-order valence-corrected chi connectivity index (χ4v) is 3.98. The monoisotopic (exact) mass is 374 g/mol. The van der Waals surface area contributed by atoms with Gasteiger partial charge in [0.05, 0.1) is 22.5 Å². The lowest BCUT2D eigenvalue weighted by molar-refractivity contribution is -0.133. The number of likely N-dealkylation sites (tertiary alicyclic amines) is 1. The second-order valence-electron chi connectivity index (χ2n) is 5.89. The lowest BCUT2D eigenvalue weighted by Gasteiger charge is -2.36. The van der Waals surface area contributed by atoms with Crippen LogP contribution in [0.5, 0.6) is 0 Å². The minimum absolute atomic E-state index is 0.170. The van der Waals surface area contributed by atoms with Crippen LogP contribution < -0.4 is 0 Å². The summed E-state index contributed by atoms with van der Waals surface area (Å²) in [5, 5.41) is 9.95. The second-order valence-corrected chi connectivity index (χ2v) is 8.43. The SMILES string of the molecule is CCN(Cc1ccc(Br)s1)C(=O)CN1CCC(C)(O)CC1. The van der Waals surface area contributed by atoms with E-state index in [4.69, 9.17) is 0 Å². The van der Waals surface area contributed by atoms with Gasteiger partial charge in [0.25, 0.3) is 0 Å². The van der Waals surface area contributed by atoms with Crippen LogP contribution in [0.15, 0.2) is 15.9 Å². The predicted octanol–water partition coefficient (Wildman–Crippen LogP) is 2.71. The number of amides is 1. The first kappa shape index (κ1) is 16.9. The maximum absolute atomic E-state index is 12.4. The molecule has 1 aromatic rings. The smallest absolute Gasteiger partial charge is 0.237 e. The fourth-order valence-electron chi connectivity index (χ4n) is 2.49. The van der Waals surface area contributed by atoms with Crippen molar-refractivity contribution >= 4 is 33.2 Å². The molecule has 0 saturated carbocycles. The zero-order valence-electron chi connectivity index (χ0n) is 12.6. The van der Waals surface area contributed by atoms with Crippen molar-refractivity contribution in [2.24, 2.45) is 0 Å². The third-order valence-electron chi connectivity index (χ3n) is 4.00. The summed E-state index contributed by atoms with van der Waals surface area (Å²) in [5.41, 5.74) is -0.562. The van der Waals surface area contributed by atoms with E-state index in [0.29, 0.717) is 13.1 Å². The van der Waals surface area contributed by atoms with Crippen molar-refractivity contribution in [1.29, 1.82) is 0 Å². The summed E-state index contributed by atoms with van der Waals surface area (Å²) in [6, 6.07) is 4.08. The molecule has 1 amide bonds. The van der Waals surface area contributed by atoms with Crippen molar-refractivity contribution < 1.29 is 9.90 Å². The number of hydrogen-bond donors (Lipinski definition) is 1. The van der Waals surface area contributed by atoms with E-state index in [9.17, 15) is 9.90 Å². The molecule has 1 aliphatic heterocycles. The average molecular weight is 375 g/mol.